The average Bonchev–Trinajstić information content (AvgIpc) is 3.63. The van der Waals surface area contributed by atoms with Crippen LogP contribution in [0.3, 0.4) is 0 Å². The summed E-state index contributed by atoms with van der Waals surface area (Å²) in [6, 6.07) is 15.1. The first kappa shape index (κ1) is 26.8. The second-order valence-electron chi connectivity index (χ2n) is 9.71. The Morgan fingerprint density at radius 1 is 1.00 bits per heavy atom. The van der Waals surface area contributed by atoms with Gasteiger partial charge in [0.15, 0.2) is 11.5 Å². The SMILES string of the molecule is COc1cc(OC)cc(N(C(=O)Cn2nnc3ccccc32)[C@@H](C(=O)NC2CCCC2)c2ccc(O)c(O)c2)c1. The molecule has 1 saturated carbocycles. The number of ether oxygens (including phenoxy) is 2. The first-order valence-corrected chi connectivity index (χ1v) is 13.0. The van der Waals surface area contributed by atoms with E-state index in [0.717, 1.165) is 25.7 Å². The van der Waals surface area contributed by atoms with E-state index in [0.29, 0.717) is 33.8 Å². The molecule has 1 atom stereocenters. The number of nitrogens with zero attached hydrogens (tertiary/aromatic N) is 4. The number of methoxy groups -OCH3 is 2. The molecule has 0 saturated heterocycles. The van der Waals surface area contributed by atoms with Crippen LogP contribution < -0.4 is 19.7 Å². The number of para-hydroxylation sites is 1. The molecule has 1 fully saturated rings. The number of carbonyl (C=O) groups is 2. The third kappa shape index (κ3) is 5.49. The fourth-order valence-corrected chi connectivity index (χ4v) is 5.09. The Kier molecular flexibility index (Phi) is 7.72. The summed E-state index contributed by atoms with van der Waals surface area (Å²) < 4.78 is 12.4. The van der Waals surface area contributed by atoms with Gasteiger partial charge in [0.1, 0.15) is 29.6 Å². The maximum Gasteiger partial charge on any atom is 0.249 e. The van der Waals surface area contributed by atoms with Crippen LogP contribution in [-0.2, 0) is 16.1 Å². The van der Waals surface area contributed by atoms with Gasteiger partial charge in [-0.2, -0.15) is 0 Å². The van der Waals surface area contributed by atoms with Crippen LogP contribution >= 0.6 is 0 Å². The molecular weight excluding hydrogens is 514 g/mol. The van der Waals surface area contributed by atoms with Crippen LogP contribution in [0, 0.1) is 0 Å². The molecule has 11 heteroatoms. The van der Waals surface area contributed by atoms with Crippen molar-refractivity contribution in [1.29, 1.82) is 0 Å². The van der Waals surface area contributed by atoms with Gasteiger partial charge in [-0.15, -0.1) is 5.10 Å². The number of phenols is 2. The van der Waals surface area contributed by atoms with Crippen LogP contribution in [0.5, 0.6) is 23.0 Å². The number of aromatic nitrogens is 3. The molecule has 4 aromatic rings. The maximum absolute atomic E-state index is 14.2. The van der Waals surface area contributed by atoms with Crippen LogP contribution in [0.1, 0.15) is 37.3 Å². The first-order valence-electron chi connectivity index (χ1n) is 13.0. The minimum Gasteiger partial charge on any atom is -0.504 e. The van der Waals surface area contributed by atoms with Crippen molar-refractivity contribution in [2.24, 2.45) is 0 Å². The zero-order valence-corrected chi connectivity index (χ0v) is 22.3. The van der Waals surface area contributed by atoms with E-state index in [1.165, 1.54) is 42.0 Å². The van der Waals surface area contributed by atoms with Crippen molar-refractivity contribution < 1.29 is 29.3 Å². The number of phenolic OH excluding ortho intramolecular Hbond substituents is 2. The van der Waals surface area contributed by atoms with Crippen molar-refractivity contribution in [3.8, 4) is 23.0 Å². The van der Waals surface area contributed by atoms with Gasteiger partial charge >= 0.3 is 0 Å². The smallest absolute Gasteiger partial charge is 0.249 e. The molecule has 0 unspecified atom stereocenters. The Balaban J connectivity index is 1.64. The molecular formula is C29H31N5O6. The summed E-state index contributed by atoms with van der Waals surface area (Å²) in [5, 5.41) is 31.7. The van der Waals surface area contributed by atoms with Gasteiger partial charge in [0.05, 0.1) is 25.4 Å². The molecule has 208 valence electrons. The monoisotopic (exact) mass is 545 g/mol. The van der Waals surface area contributed by atoms with Crippen molar-refractivity contribution in [2.75, 3.05) is 19.1 Å². The average molecular weight is 546 g/mol. The van der Waals surface area contributed by atoms with E-state index in [1.54, 1.807) is 24.3 Å². The highest BCUT2D eigenvalue weighted by molar-refractivity contribution is 6.02. The van der Waals surface area contributed by atoms with Gasteiger partial charge < -0.3 is 25.0 Å². The van der Waals surface area contributed by atoms with Crippen molar-refractivity contribution in [2.45, 2.75) is 44.3 Å². The quantitative estimate of drug-likeness (QED) is 0.271. The number of anilines is 1. The molecule has 0 radical (unpaired) electrons. The number of benzene rings is 3. The number of aromatic hydroxyl groups is 2. The van der Waals surface area contributed by atoms with Gasteiger partial charge in [0, 0.05) is 24.2 Å². The van der Waals surface area contributed by atoms with Crippen LogP contribution in [0.2, 0.25) is 0 Å². The molecule has 1 aliphatic rings. The molecule has 1 aliphatic carbocycles. The van der Waals surface area contributed by atoms with E-state index in [9.17, 15) is 19.8 Å². The fraction of sp³-hybridized carbons (Fsp3) is 0.310. The lowest BCUT2D eigenvalue weighted by molar-refractivity contribution is -0.127. The van der Waals surface area contributed by atoms with Crippen LogP contribution in [0.4, 0.5) is 5.69 Å². The van der Waals surface area contributed by atoms with Crippen LogP contribution in [-0.4, -0.2) is 57.3 Å². The van der Waals surface area contributed by atoms with Gasteiger partial charge in [-0.05, 0) is 42.7 Å². The largest absolute Gasteiger partial charge is 0.504 e. The van der Waals surface area contributed by atoms with E-state index in [-0.39, 0.29) is 18.3 Å². The Labute approximate surface area is 230 Å². The molecule has 1 heterocycles. The van der Waals surface area contributed by atoms with E-state index < -0.39 is 23.6 Å². The number of hydrogen-bond acceptors (Lipinski definition) is 8. The highest BCUT2D eigenvalue weighted by Crippen LogP contribution is 2.37. The number of rotatable bonds is 9. The van der Waals surface area contributed by atoms with Crippen LogP contribution in [0.15, 0.2) is 60.7 Å². The summed E-state index contributed by atoms with van der Waals surface area (Å²) in [5.41, 5.74) is 1.94. The molecule has 0 aliphatic heterocycles. The molecule has 0 spiro atoms. The Bertz CT molecular complexity index is 1510. The summed E-state index contributed by atoms with van der Waals surface area (Å²) in [7, 11) is 2.99. The lowest BCUT2D eigenvalue weighted by Crippen LogP contribution is -2.47. The van der Waals surface area contributed by atoms with Crippen molar-refractivity contribution in [3.63, 3.8) is 0 Å². The van der Waals surface area contributed by atoms with Gasteiger partial charge in [0.2, 0.25) is 11.8 Å². The summed E-state index contributed by atoms with van der Waals surface area (Å²) >= 11 is 0. The predicted molar refractivity (Wildman–Crippen MR) is 147 cm³/mol. The van der Waals surface area contributed by atoms with E-state index in [1.807, 2.05) is 18.2 Å². The maximum atomic E-state index is 14.2. The minimum atomic E-state index is -1.20. The zero-order valence-electron chi connectivity index (χ0n) is 22.3. The highest BCUT2D eigenvalue weighted by Gasteiger charge is 2.35. The second-order valence-corrected chi connectivity index (χ2v) is 9.71. The predicted octanol–water partition coefficient (Wildman–Crippen LogP) is 3.69. The molecule has 3 aromatic carbocycles. The Hall–Kier alpha value is -4.80. The van der Waals surface area contributed by atoms with Gasteiger partial charge in [0.25, 0.3) is 0 Å². The minimum absolute atomic E-state index is 0.0308. The van der Waals surface area contributed by atoms with Crippen LogP contribution in [0.25, 0.3) is 11.0 Å². The standard InChI is InChI=1S/C29H31N5O6/c1-39-21-14-20(15-22(16-21)40-2)34(27(37)17-33-24-10-6-5-9-23(24)31-32-33)28(18-11-12-25(35)26(36)13-18)29(38)30-19-7-3-4-8-19/h5-6,9-16,19,28,35-36H,3-4,7-8,17H2,1-2H3,(H,30,38)/t28-/m1/s1. The number of nitrogens with one attached hydrogen (secondary N) is 1. The summed E-state index contributed by atoms with van der Waals surface area (Å²) in [4.78, 5) is 29.6. The molecule has 3 N–H and O–H groups in total. The zero-order chi connectivity index (χ0) is 28.2. The first-order chi connectivity index (χ1) is 19.4. The number of fused-ring (bicyclic) bond motifs is 1. The summed E-state index contributed by atoms with van der Waals surface area (Å²) in [6.07, 6.45) is 3.69. The van der Waals surface area contributed by atoms with Crippen molar-refractivity contribution in [1.82, 2.24) is 20.3 Å². The van der Waals surface area contributed by atoms with Crippen molar-refractivity contribution in [3.05, 3.63) is 66.2 Å². The number of amides is 2. The van der Waals surface area contributed by atoms with Gasteiger partial charge in [-0.25, -0.2) is 4.68 Å². The van der Waals surface area contributed by atoms with Gasteiger partial charge in [-0.3, -0.25) is 14.5 Å². The number of hydrogen-bond donors (Lipinski definition) is 3. The topological polar surface area (TPSA) is 139 Å². The lowest BCUT2D eigenvalue weighted by Gasteiger charge is -2.33. The Morgan fingerprint density at radius 3 is 2.38 bits per heavy atom. The van der Waals surface area contributed by atoms with E-state index in [2.05, 4.69) is 15.6 Å². The van der Waals surface area contributed by atoms with E-state index >= 15 is 0 Å². The van der Waals surface area contributed by atoms with Crippen molar-refractivity contribution >= 4 is 28.5 Å². The molecule has 40 heavy (non-hydrogen) atoms. The summed E-state index contributed by atoms with van der Waals surface area (Å²) in [6.45, 7) is -0.225. The normalized spacial score (nSPS) is 14.2. The second kappa shape index (κ2) is 11.5. The highest BCUT2D eigenvalue weighted by atomic mass is 16.5. The van der Waals surface area contributed by atoms with E-state index in [4.69, 9.17) is 9.47 Å². The molecule has 5 rings (SSSR count). The molecule has 2 amide bonds. The van der Waals surface area contributed by atoms with Gasteiger partial charge in [-0.1, -0.05) is 36.3 Å². The molecule has 11 nitrogen and oxygen atoms in total. The molecule has 1 aromatic heterocycles. The third-order valence-corrected chi connectivity index (χ3v) is 7.11. The number of carbonyl (C=O) groups excluding carboxylic acids is 2. The Morgan fingerprint density at radius 2 is 1.70 bits per heavy atom. The fourth-order valence-electron chi connectivity index (χ4n) is 5.09. The summed E-state index contributed by atoms with van der Waals surface area (Å²) in [5.74, 6) is -0.799. The molecule has 0 bridgehead atoms. The lowest BCUT2D eigenvalue weighted by atomic mass is 10.0. The third-order valence-electron chi connectivity index (χ3n) is 7.11.